The monoisotopic (exact) mass is 437 g/mol. The van der Waals surface area contributed by atoms with Gasteiger partial charge in [0.15, 0.2) is 0 Å². The van der Waals surface area contributed by atoms with Crippen LogP contribution in [0.15, 0.2) is 42.5 Å². The van der Waals surface area contributed by atoms with Crippen molar-refractivity contribution in [3.63, 3.8) is 0 Å². The Morgan fingerprint density at radius 2 is 1.78 bits per heavy atom. The van der Waals surface area contributed by atoms with Gasteiger partial charge in [0.25, 0.3) is 11.6 Å². The summed E-state index contributed by atoms with van der Waals surface area (Å²) in [4.78, 5) is 42.0. The van der Waals surface area contributed by atoms with Crippen LogP contribution in [0.25, 0.3) is 0 Å². The highest BCUT2D eigenvalue weighted by atomic mass is 16.6. The molecule has 2 aromatic rings. The maximum absolute atomic E-state index is 13.0. The molecular weight excluding hydrogens is 410 g/mol. The molecule has 0 spiro atoms. The first-order valence-electron chi connectivity index (χ1n) is 10.8. The number of nitrogens with one attached hydrogen (secondary N) is 1. The van der Waals surface area contributed by atoms with Crippen LogP contribution in [0.1, 0.15) is 22.3 Å². The molecule has 0 aromatic heterocycles. The van der Waals surface area contributed by atoms with Crippen LogP contribution in [-0.2, 0) is 11.2 Å². The predicted molar refractivity (Wildman–Crippen MR) is 122 cm³/mol. The molecule has 2 aliphatic rings. The van der Waals surface area contributed by atoms with Crippen LogP contribution < -0.4 is 15.1 Å². The van der Waals surface area contributed by atoms with Gasteiger partial charge in [-0.1, -0.05) is 18.2 Å². The fourth-order valence-electron chi connectivity index (χ4n) is 4.45. The zero-order valence-corrected chi connectivity index (χ0v) is 18.1. The normalized spacial score (nSPS) is 16.4. The van der Waals surface area contributed by atoms with E-state index in [1.807, 2.05) is 28.0 Å². The maximum Gasteiger partial charge on any atom is 0.270 e. The summed E-state index contributed by atoms with van der Waals surface area (Å²) in [7, 11) is 1.51. The number of carbonyl (C=O) groups excluding carboxylic acids is 2. The fraction of sp³-hybridized carbons (Fsp3) is 0.391. The topological polar surface area (TPSA) is 99.0 Å². The van der Waals surface area contributed by atoms with Crippen LogP contribution in [0.5, 0.6) is 0 Å². The average molecular weight is 438 g/mol. The molecule has 2 aliphatic heterocycles. The lowest BCUT2D eigenvalue weighted by atomic mass is 10.0. The first-order chi connectivity index (χ1) is 15.5. The van der Waals surface area contributed by atoms with Gasteiger partial charge in [-0.05, 0) is 30.5 Å². The summed E-state index contributed by atoms with van der Waals surface area (Å²) in [6, 6.07) is 12.5. The molecule has 2 heterocycles. The Labute approximate surface area is 186 Å². The van der Waals surface area contributed by atoms with Crippen molar-refractivity contribution in [3.05, 3.63) is 63.7 Å². The second kappa shape index (κ2) is 9.35. The molecule has 2 aromatic carbocycles. The highest BCUT2D eigenvalue weighted by molar-refractivity contribution is 6.00. The molecule has 0 bridgehead atoms. The fourth-order valence-corrected chi connectivity index (χ4v) is 4.45. The number of nitro groups is 1. The minimum absolute atomic E-state index is 0.104. The van der Waals surface area contributed by atoms with Gasteiger partial charge in [0.2, 0.25) is 5.91 Å². The summed E-state index contributed by atoms with van der Waals surface area (Å²) in [5.74, 6) is -0.253. The zero-order valence-electron chi connectivity index (χ0n) is 18.1. The summed E-state index contributed by atoms with van der Waals surface area (Å²) in [6.45, 7) is 3.70. The lowest BCUT2D eigenvalue weighted by Crippen LogP contribution is -2.51. The van der Waals surface area contributed by atoms with E-state index in [0.717, 1.165) is 25.1 Å². The van der Waals surface area contributed by atoms with Gasteiger partial charge in [0, 0.05) is 57.6 Å². The summed E-state index contributed by atoms with van der Waals surface area (Å²) >= 11 is 0. The Kier molecular flexibility index (Phi) is 6.36. The van der Waals surface area contributed by atoms with Crippen LogP contribution in [0.4, 0.5) is 17.1 Å². The molecule has 9 heteroatoms. The third-order valence-corrected chi connectivity index (χ3v) is 6.15. The number of rotatable bonds is 5. The van der Waals surface area contributed by atoms with E-state index in [1.54, 1.807) is 6.07 Å². The Morgan fingerprint density at radius 1 is 1.03 bits per heavy atom. The van der Waals surface area contributed by atoms with Crippen molar-refractivity contribution >= 4 is 28.9 Å². The lowest BCUT2D eigenvalue weighted by molar-refractivity contribution is -0.384. The van der Waals surface area contributed by atoms with E-state index < -0.39 is 4.92 Å². The highest BCUT2D eigenvalue weighted by Crippen LogP contribution is 2.28. The molecule has 168 valence electrons. The van der Waals surface area contributed by atoms with Crippen LogP contribution >= 0.6 is 0 Å². The van der Waals surface area contributed by atoms with E-state index >= 15 is 0 Å². The molecule has 1 fully saturated rings. The number of amides is 2. The number of fused-ring (bicyclic) bond motifs is 1. The minimum Gasteiger partial charge on any atom is -0.368 e. The van der Waals surface area contributed by atoms with Gasteiger partial charge in [-0.15, -0.1) is 0 Å². The third kappa shape index (κ3) is 4.43. The number of nitrogens with zero attached hydrogens (tertiary/aromatic N) is 4. The Balaban J connectivity index is 1.41. The van der Waals surface area contributed by atoms with E-state index in [9.17, 15) is 19.7 Å². The third-order valence-electron chi connectivity index (χ3n) is 6.15. The Bertz CT molecular complexity index is 1030. The van der Waals surface area contributed by atoms with Gasteiger partial charge in [0.05, 0.1) is 22.7 Å². The maximum atomic E-state index is 13.0. The van der Waals surface area contributed by atoms with Gasteiger partial charge in [-0.3, -0.25) is 24.6 Å². The van der Waals surface area contributed by atoms with Crippen LogP contribution in [-0.4, -0.2) is 68.0 Å². The highest BCUT2D eigenvalue weighted by Gasteiger charge is 2.27. The number of anilines is 2. The van der Waals surface area contributed by atoms with Crippen molar-refractivity contribution in [2.24, 2.45) is 0 Å². The summed E-state index contributed by atoms with van der Waals surface area (Å²) in [6.07, 6.45) is 1.97. The molecule has 1 saturated heterocycles. The van der Waals surface area contributed by atoms with Crippen LogP contribution in [0, 0.1) is 10.1 Å². The van der Waals surface area contributed by atoms with E-state index in [4.69, 9.17) is 0 Å². The van der Waals surface area contributed by atoms with Crippen LogP contribution in [0.2, 0.25) is 0 Å². The SMILES string of the molecule is CNC(=O)c1cc([N+](=O)[O-])ccc1N1CCN(CC(=O)N2CCCc3ccccc32)CC1. The number of hydrogen-bond acceptors (Lipinski definition) is 6. The van der Waals surface area contributed by atoms with Crippen LogP contribution in [0.3, 0.4) is 0 Å². The minimum atomic E-state index is -0.501. The molecule has 1 N–H and O–H groups in total. The van der Waals surface area contributed by atoms with Gasteiger partial charge in [0.1, 0.15) is 0 Å². The number of para-hydroxylation sites is 1. The first-order valence-corrected chi connectivity index (χ1v) is 10.8. The number of nitro benzene ring substituents is 1. The molecule has 0 radical (unpaired) electrons. The molecule has 9 nitrogen and oxygen atoms in total. The van der Waals surface area contributed by atoms with E-state index in [0.29, 0.717) is 38.4 Å². The molecular formula is C23H27N5O4. The summed E-state index contributed by atoms with van der Waals surface area (Å²) in [5.41, 5.74) is 3.08. The predicted octanol–water partition coefficient (Wildman–Crippen LogP) is 2.06. The Hall–Kier alpha value is -3.46. The van der Waals surface area contributed by atoms with Crippen molar-refractivity contribution in [3.8, 4) is 0 Å². The number of hydrogen-bond donors (Lipinski definition) is 1. The second-order valence-corrected chi connectivity index (χ2v) is 8.08. The lowest BCUT2D eigenvalue weighted by Gasteiger charge is -2.38. The second-order valence-electron chi connectivity index (χ2n) is 8.08. The molecule has 0 saturated carbocycles. The first kappa shape index (κ1) is 21.8. The van der Waals surface area contributed by atoms with Crippen molar-refractivity contribution in [1.29, 1.82) is 0 Å². The number of carbonyl (C=O) groups is 2. The van der Waals surface area contributed by atoms with Crippen molar-refractivity contribution in [2.45, 2.75) is 12.8 Å². The van der Waals surface area contributed by atoms with Gasteiger partial charge < -0.3 is 15.1 Å². The Morgan fingerprint density at radius 3 is 2.50 bits per heavy atom. The molecule has 0 atom stereocenters. The molecule has 0 unspecified atom stereocenters. The molecule has 2 amide bonds. The molecule has 0 aliphatic carbocycles. The van der Waals surface area contributed by atoms with E-state index in [1.165, 1.54) is 24.7 Å². The van der Waals surface area contributed by atoms with Gasteiger partial charge in [-0.25, -0.2) is 0 Å². The van der Waals surface area contributed by atoms with E-state index in [2.05, 4.69) is 16.3 Å². The molecule has 4 rings (SSSR count). The number of aryl methyl sites for hydroxylation is 1. The van der Waals surface area contributed by atoms with E-state index in [-0.39, 0.29) is 23.1 Å². The van der Waals surface area contributed by atoms with Gasteiger partial charge in [-0.2, -0.15) is 0 Å². The van der Waals surface area contributed by atoms with Crippen molar-refractivity contribution in [2.75, 3.05) is 56.1 Å². The zero-order chi connectivity index (χ0) is 22.7. The summed E-state index contributed by atoms with van der Waals surface area (Å²) in [5, 5.41) is 13.7. The standard InChI is InChI=1S/C23H27N5O4/c1-24-23(30)19-15-18(28(31)32)8-9-21(19)26-13-11-25(12-14-26)16-22(29)27-10-4-6-17-5-2-3-7-20(17)27/h2-3,5,7-9,15H,4,6,10-14,16H2,1H3,(H,24,30). The summed E-state index contributed by atoms with van der Waals surface area (Å²) < 4.78 is 0. The quantitative estimate of drug-likeness (QED) is 0.568. The molecule has 32 heavy (non-hydrogen) atoms. The number of piperazine rings is 1. The van der Waals surface area contributed by atoms with Gasteiger partial charge >= 0.3 is 0 Å². The number of non-ortho nitro benzene ring substituents is 1. The largest absolute Gasteiger partial charge is 0.368 e. The van der Waals surface area contributed by atoms with Crippen molar-refractivity contribution < 1.29 is 14.5 Å². The van der Waals surface area contributed by atoms with Crippen molar-refractivity contribution in [1.82, 2.24) is 10.2 Å². The average Bonchev–Trinajstić information content (AvgIpc) is 2.83. The number of benzene rings is 2. The smallest absolute Gasteiger partial charge is 0.270 e.